The van der Waals surface area contributed by atoms with E-state index >= 15 is 0 Å². The first-order chi connectivity index (χ1) is 6.84. The van der Waals surface area contributed by atoms with Gasteiger partial charge in [-0.1, -0.05) is 18.2 Å². The van der Waals surface area contributed by atoms with Crippen LogP contribution in [0.25, 0.3) is 10.9 Å². The second-order valence-corrected chi connectivity index (χ2v) is 4.13. The van der Waals surface area contributed by atoms with Gasteiger partial charge in [0.15, 0.2) is 0 Å². The largest absolute Gasteiger partial charge is 0.358 e. The minimum Gasteiger partial charge on any atom is -0.358 e. The van der Waals surface area contributed by atoms with Crippen LogP contribution in [0.5, 0.6) is 0 Å². The van der Waals surface area contributed by atoms with E-state index in [1.807, 2.05) is 0 Å². The number of aromatic nitrogens is 1. The summed E-state index contributed by atoms with van der Waals surface area (Å²) >= 11 is 0. The first kappa shape index (κ1) is 10.5. The third-order valence-corrected chi connectivity index (χ3v) is 3.13. The number of nitrogens with two attached hydrogens (primary N) is 1. The molecule has 1 aliphatic carbocycles. The first-order valence-electron chi connectivity index (χ1n) is 5.18. The lowest BCUT2D eigenvalue weighted by Crippen LogP contribution is -2.27. The molecule has 3 heteroatoms. The molecule has 1 unspecified atom stereocenters. The minimum absolute atomic E-state index is 0. The summed E-state index contributed by atoms with van der Waals surface area (Å²) in [4.78, 5) is 3.48. The van der Waals surface area contributed by atoms with Crippen molar-refractivity contribution in [1.82, 2.24) is 4.98 Å². The number of nitrogens with one attached hydrogen (secondary N) is 1. The topological polar surface area (TPSA) is 41.8 Å². The van der Waals surface area contributed by atoms with Gasteiger partial charge in [-0.15, -0.1) is 12.4 Å². The normalized spacial score (nSPS) is 19.7. The van der Waals surface area contributed by atoms with Crippen LogP contribution in [-0.4, -0.2) is 11.0 Å². The van der Waals surface area contributed by atoms with Gasteiger partial charge in [0.1, 0.15) is 0 Å². The van der Waals surface area contributed by atoms with E-state index < -0.39 is 0 Å². The Bertz CT molecular complexity index is 475. The molecule has 0 saturated carbocycles. The zero-order chi connectivity index (χ0) is 9.54. The molecule has 0 fully saturated rings. The Morgan fingerprint density at radius 1 is 1.27 bits per heavy atom. The molecule has 15 heavy (non-hydrogen) atoms. The van der Waals surface area contributed by atoms with Gasteiger partial charge in [0.2, 0.25) is 0 Å². The zero-order valence-corrected chi connectivity index (χ0v) is 9.31. The van der Waals surface area contributed by atoms with Gasteiger partial charge in [-0.2, -0.15) is 0 Å². The summed E-state index contributed by atoms with van der Waals surface area (Å²) < 4.78 is 0. The highest BCUT2D eigenvalue weighted by molar-refractivity contribution is 5.85. The SMILES string of the molecule is Cl.NC1CCc2[nH]c3ccccc3c2C1. The van der Waals surface area contributed by atoms with Crippen LogP contribution in [0.2, 0.25) is 0 Å². The number of fused-ring (bicyclic) bond motifs is 3. The number of aryl methyl sites for hydroxylation is 1. The third-order valence-electron chi connectivity index (χ3n) is 3.13. The average molecular weight is 223 g/mol. The Labute approximate surface area is 95.3 Å². The molecule has 3 N–H and O–H groups in total. The van der Waals surface area contributed by atoms with E-state index in [0.717, 1.165) is 19.3 Å². The fourth-order valence-electron chi connectivity index (χ4n) is 2.40. The van der Waals surface area contributed by atoms with Crippen LogP contribution >= 0.6 is 12.4 Å². The molecular weight excluding hydrogens is 208 g/mol. The lowest BCUT2D eigenvalue weighted by molar-refractivity contribution is 0.574. The maximum Gasteiger partial charge on any atom is 0.0458 e. The lowest BCUT2D eigenvalue weighted by atomic mass is 9.92. The summed E-state index contributed by atoms with van der Waals surface area (Å²) in [6.45, 7) is 0. The highest BCUT2D eigenvalue weighted by Crippen LogP contribution is 2.28. The molecule has 2 aromatic rings. The Morgan fingerprint density at radius 2 is 2.07 bits per heavy atom. The van der Waals surface area contributed by atoms with Crippen molar-refractivity contribution in [3.8, 4) is 0 Å². The molecule has 0 spiro atoms. The number of aromatic amines is 1. The Kier molecular flexibility index (Phi) is 2.72. The molecule has 1 heterocycles. The van der Waals surface area contributed by atoms with Crippen molar-refractivity contribution in [2.75, 3.05) is 0 Å². The molecule has 1 aliphatic rings. The van der Waals surface area contributed by atoms with Crippen molar-refractivity contribution in [1.29, 1.82) is 0 Å². The highest BCUT2D eigenvalue weighted by Gasteiger charge is 2.19. The van der Waals surface area contributed by atoms with Gasteiger partial charge in [-0.3, -0.25) is 0 Å². The summed E-state index contributed by atoms with van der Waals surface area (Å²) in [6.07, 6.45) is 3.24. The van der Waals surface area contributed by atoms with Crippen molar-refractivity contribution in [3.63, 3.8) is 0 Å². The van der Waals surface area contributed by atoms with Gasteiger partial charge in [0, 0.05) is 22.6 Å². The molecule has 0 radical (unpaired) electrons. The minimum atomic E-state index is 0. The van der Waals surface area contributed by atoms with Gasteiger partial charge in [0.25, 0.3) is 0 Å². The van der Waals surface area contributed by atoms with Crippen molar-refractivity contribution in [2.45, 2.75) is 25.3 Å². The van der Waals surface area contributed by atoms with Crippen LogP contribution in [0.3, 0.4) is 0 Å². The van der Waals surface area contributed by atoms with E-state index in [2.05, 4.69) is 29.2 Å². The molecule has 80 valence electrons. The van der Waals surface area contributed by atoms with Crippen LogP contribution in [0, 0.1) is 0 Å². The van der Waals surface area contributed by atoms with Crippen LogP contribution in [0.15, 0.2) is 24.3 Å². The second-order valence-electron chi connectivity index (χ2n) is 4.13. The van der Waals surface area contributed by atoms with Gasteiger partial charge in [-0.25, -0.2) is 0 Å². The van der Waals surface area contributed by atoms with Gasteiger partial charge < -0.3 is 10.7 Å². The summed E-state index contributed by atoms with van der Waals surface area (Å²) in [5.74, 6) is 0. The highest BCUT2D eigenvalue weighted by atomic mass is 35.5. The van der Waals surface area contributed by atoms with Gasteiger partial charge in [-0.05, 0) is 30.9 Å². The maximum atomic E-state index is 5.99. The zero-order valence-electron chi connectivity index (χ0n) is 8.49. The fourth-order valence-corrected chi connectivity index (χ4v) is 2.40. The predicted molar refractivity (Wildman–Crippen MR) is 65.5 cm³/mol. The molecular formula is C12H15ClN2. The Hall–Kier alpha value is -0.990. The van der Waals surface area contributed by atoms with Gasteiger partial charge in [0.05, 0.1) is 0 Å². The number of benzene rings is 1. The molecule has 0 aliphatic heterocycles. The van der Waals surface area contributed by atoms with E-state index in [0.29, 0.717) is 6.04 Å². The number of hydrogen-bond donors (Lipinski definition) is 2. The van der Waals surface area contributed by atoms with E-state index in [-0.39, 0.29) is 12.4 Å². The van der Waals surface area contributed by atoms with Gasteiger partial charge >= 0.3 is 0 Å². The first-order valence-corrected chi connectivity index (χ1v) is 5.18. The number of halogens is 1. The molecule has 0 saturated heterocycles. The Balaban J connectivity index is 0.000000853. The van der Waals surface area contributed by atoms with Crippen LogP contribution in [0.4, 0.5) is 0 Å². The summed E-state index contributed by atoms with van der Waals surface area (Å²) in [5, 5.41) is 1.36. The monoisotopic (exact) mass is 222 g/mol. The molecule has 2 nitrogen and oxygen atoms in total. The molecule has 3 rings (SSSR count). The van der Waals surface area contributed by atoms with E-state index in [4.69, 9.17) is 5.73 Å². The molecule has 1 atom stereocenters. The summed E-state index contributed by atoms with van der Waals surface area (Å²) in [5.41, 5.74) is 10.1. The van der Waals surface area contributed by atoms with E-state index in [9.17, 15) is 0 Å². The van der Waals surface area contributed by atoms with Crippen LogP contribution in [0.1, 0.15) is 17.7 Å². The lowest BCUT2D eigenvalue weighted by Gasteiger charge is -2.17. The van der Waals surface area contributed by atoms with Crippen molar-refractivity contribution in [2.24, 2.45) is 5.73 Å². The van der Waals surface area contributed by atoms with Crippen LogP contribution < -0.4 is 5.73 Å². The average Bonchev–Trinajstić information content (AvgIpc) is 2.56. The molecule has 1 aromatic heterocycles. The van der Waals surface area contributed by atoms with Crippen molar-refractivity contribution >= 4 is 23.3 Å². The Morgan fingerprint density at radius 3 is 2.93 bits per heavy atom. The number of rotatable bonds is 0. The van der Waals surface area contributed by atoms with E-state index in [1.54, 1.807) is 0 Å². The number of para-hydroxylation sites is 1. The predicted octanol–water partition coefficient (Wildman–Crippen LogP) is 2.41. The van der Waals surface area contributed by atoms with Crippen molar-refractivity contribution < 1.29 is 0 Å². The second kappa shape index (κ2) is 3.87. The van der Waals surface area contributed by atoms with Crippen LogP contribution in [-0.2, 0) is 12.8 Å². The van der Waals surface area contributed by atoms with Crippen molar-refractivity contribution in [3.05, 3.63) is 35.5 Å². The number of hydrogen-bond acceptors (Lipinski definition) is 1. The summed E-state index contributed by atoms with van der Waals surface area (Å²) in [7, 11) is 0. The fraction of sp³-hybridized carbons (Fsp3) is 0.333. The standard InChI is InChI=1S/C12H14N2.ClH/c13-8-5-6-12-10(7-8)9-3-1-2-4-11(9)14-12;/h1-4,8,14H,5-7,13H2;1H. The smallest absolute Gasteiger partial charge is 0.0458 e. The quantitative estimate of drug-likeness (QED) is 0.706. The third kappa shape index (κ3) is 1.64. The molecule has 0 amide bonds. The molecule has 0 bridgehead atoms. The molecule has 1 aromatic carbocycles. The maximum absolute atomic E-state index is 5.99. The van der Waals surface area contributed by atoms with E-state index in [1.165, 1.54) is 22.2 Å². The summed E-state index contributed by atoms with van der Waals surface area (Å²) in [6, 6.07) is 8.84. The number of H-pyrrole nitrogens is 1.